The van der Waals surface area contributed by atoms with Gasteiger partial charge in [-0.2, -0.15) is 0 Å². The summed E-state index contributed by atoms with van der Waals surface area (Å²) >= 11 is 0. The van der Waals surface area contributed by atoms with Gasteiger partial charge in [-0.3, -0.25) is 0 Å². The molecule has 2 heteroatoms. The normalized spacial score (nSPS) is 34.8. The van der Waals surface area contributed by atoms with Crippen LogP contribution in [0.3, 0.4) is 0 Å². The Labute approximate surface area is 80.4 Å². The van der Waals surface area contributed by atoms with Gasteiger partial charge < -0.3 is 10.1 Å². The monoisotopic (exact) mass is 181 g/mol. The molecule has 74 valence electrons. The van der Waals surface area contributed by atoms with Gasteiger partial charge in [-0.1, -0.05) is 6.92 Å². The molecule has 0 aromatic carbocycles. The Bertz CT molecular complexity index is 212. The maximum Gasteiger partial charge on any atom is 0.0876 e. The Morgan fingerprint density at radius 2 is 2.38 bits per heavy atom. The molecule has 0 saturated heterocycles. The quantitative estimate of drug-likeness (QED) is 0.718. The highest BCUT2D eigenvalue weighted by atomic mass is 16.5. The van der Waals surface area contributed by atoms with Gasteiger partial charge in [0.25, 0.3) is 0 Å². The highest BCUT2D eigenvalue weighted by Crippen LogP contribution is 2.43. The van der Waals surface area contributed by atoms with Crippen LogP contribution in [-0.2, 0) is 4.74 Å². The van der Waals surface area contributed by atoms with Crippen LogP contribution >= 0.6 is 0 Å². The maximum absolute atomic E-state index is 5.38. The molecule has 1 saturated carbocycles. The van der Waals surface area contributed by atoms with Gasteiger partial charge in [0.1, 0.15) is 0 Å². The average Bonchev–Trinajstić information content (AvgIpc) is 2.86. The summed E-state index contributed by atoms with van der Waals surface area (Å²) in [6, 6.07) is 0.579. The van der Waals surface area contributed by atoms with E-state index in [9.17, 15) is 0 Å². The first kappa shape index (κ1) is 9.07. The van der Waals surface area contributed by atoms with Crippen LogP contribution in [0.2, 0.25) is 0 Å². The van der Waals surface area contributed by atoms with Crippen molar-refractivity contribution in [1.29, 1.82) is 0 Å². The minimum atomic E-state index is 0.579. The summed E-state index contributed by atoms with van der Waals surface area (Å²) in [5, 5.41) is 3.42. The second-order valence-electron chi connectivity index (χ2n) is 4.31. The van der Waals surface area contributed by atoms with E-state index < -0.39 is 0 Å². The van der Waals surface area contributed by atoms with Gasteiger partial charge in [0.15, 0.2) is 0 Å². The van der Waals surface area contributed by atoms with Crippen molar-refractivity contribution in [3.63, 3.8) is 0 Å². The van der Waals surface area contributed by atoms with E-state index in [1.54, 1.807) is 0 Å². The highest BCUT2D eigenvalue weighted by Gasteiger charge is 2.40. The molecule has 0 radical (unpaired) electrons. The maximum atomic E-state index is 5.38. The molecule has 13 heavy (non-hydrogen) atoms. The number of rotatable bonds is 3. The number of likely N-dealkylation sites (N-methyl/N-ethyl adjacent to an activating group) is 1. The molecule has 2 aliphatic rings. The van der Waals surface area contributed by atoms with Gasteiger partial charge in [-0.05, 0) is 43.7 Å². The molecule has 1 aliphatic carbocycles. The summed E-state index contributed by atoms with van der Waals surface area (Å²) in [4.78, 5) is 0. The zero-order valence-corrected chi connectivity index (χ0v) is 8.55. The second-order valence-corrected chi connectivity index (χ2v) is 4.31. The largest absolute Gasteiger partial charge is 0.501 e. The molecule has 3 atom stereocenters. The van der Waals surface area contributed by atoms with Crippen molar-refractivity contribution in [1.82, 2.24) is 5.32 Å². The Hall–Kier alpha value is -0.500. The fraction of sp³-hybridized carbons (Fsp3) is 0.818. The van der Waals surface area contributed by atoms with Crippen LogP contribution < -0.4 is 5.32 Å². The first-order valence-corrected chi connectivity index (χ1v) is 5.30. The standard InChI is InChI=1S/C11H19NO/c1-8-6-10(8)11(12-2)9-4-3-5-13-7-9/h7-8,10-12H,3-6H2,1-2H3. The van der Waals surface area contributed by atoms with E-state index in [4.69, 9.17) is 4.74 Å². The molecule has 2 rings (SSSR count). The van der Waals surface area contributed by atoms with Crippen LogP contribution in [0.25, 0.3) is 0 Å². The molecule has 0 bridgehead atoms. The van der Waals surface area contributed by atoms with E-state index in [1.807, 2.05) is 6.26 Å². The fourth-order valence-electron chi connectivity index (χ4n) is 2.30. The van der Waals surface area contributed by atoms with Crippen LogP contribution in [0.4, 0.5) is 0 Å². The van der Waals surface area contributed by atoms with Gasteiger partial charge in [0, 0.05) is 6.04 Å². The second kappa shape index (κ2) is 3.70. The van der Waals surface area contributed by atoms with Crippen LogP contribution in [0.1, 0.15) is 26.2 Å². The molecule has 1 aliphatic heterocycles. The molecule has 1 heterocycles. The van der Waals surface area contributed by atoms with Crippen molar-refractivity contribution >= 4 is 0 Å². The Morgan fingerprint density at radius 1 is 1.62 bits per heavy atom. The van der Waals surface area contributed by atoms with E-state index in [2.05, 4.69) is 19.3 Å². The summed E-state index contributed by atoms with van der Waals surface area (Å²) in [5.74, 6) is 1.76. The smallest absolute Gasteiger partial charge is 0.0876 e. The molecule has 3 unspecified atom stereocenters. The van der Waals surface area contributed by atoms with E-state index >= 15 is 0 Å². The van der Waals surface area contributed by atoms with E-state index in [0.717, 1.165) is 18.4 Å². The third-order valence-electron chi connectivity index (χ3n) is 3.27. The van der Waals surface area contributed by atoms with Crippen molar-refractivity contribution < 1.29 is 4.74 Å². The summed E-state index contributed by atoms with van der Waals surface area (Å²) in [5.41, 5.74) is 1.48. The molecule has 0 amide bonds. The predicted octanol–water partition coefficient (Wildman–Crippen LogP) is 1.92. The van der Waals surface area contributed by atoms with E-state index in [-0.39, 0.29) is 0 Å². The van der Waals surface area contributed by atoms with Crippen LogP contribution in [-0.4, -0.2) is 19.7 Å². The first-order chi connectivity index (χ1) is 6.33. The molecule has 0 spiro atoms. The Balaban J connectivity index is 1.99. The number of ether oxygens (including phenoxy) is 1. The lowest BCUT2D eigenvalue weighted by atomic mass is 9.97. The topological polar surface area (TPSA) is 21.3 Å². The van der Waals surface area contributed by atoms with Crippen molar-refractivity contribution in [2.75, 3.05) is 13.7 Å². The fourth-order valence-corrected chi connectivity index (χ4v) is 2.30. The predicted molar refractivity (Wildman–Crippen MR) is 53.4 cm³/mol. The number of hydrogen-bond acceptors (Lipinski definition) is 2. The summed E-state index contributed by atoms with van der Waals surface area (Å²) in [6.45, 7) is 3.24. The van der Waals surface area contributed by atoms with Crippen molar-refractivity contribution in [2.24, 2.45) is 11.8 Å². The van der Waals surface area contributed by atoms with Gasteiger partial charge in [0.05, 0.1) is 12.9 Å². The summed E-state index contributed by atoms with van der Waals surface area (Å²) < 4.78 is 5.38. The van der Waals surface area contributed by atoms with Crippen molar-refractivity contribution in [2.45, 2.75) is 32.2 Å². The third kappa shape index (κ3) is 1.88. The van der Waals surface area contributed by atoms with Crippen LogP contribution in [0, 0.1) is 11.8 Å². The van der Waals surface area contributed by atoms with E-state index in [0.29, 0.717) is 6.04 Å². The lowest BCUT2D eigenvalue weighted by Gasteiger charge is -2.22. The van der Waals surface area contributed by atoms with Crippen LogP contribution in [0.15, 0.2) is 11.8 Å². The Morgan fingerprint density at radius 3 is 2.85 bits per heavy atom. The molecular formula is C11H19NO. The molecule has 2 nitrogen and oxygen atoms in total. The minimum absolute atomic E-state index is 0.579. The molecule has 0 aromatic rings. The molecule has 0 aromatic heterocycles. The van der Waals surface area contributed by atoms with Gasteiger partial charge >= 0.3 is 0 Å². The Kier molecular flexibility index (Phi) is 2.58. The lowest BCUT2D eigenvalue weighted by Crippen LogP contribution is -2.31. The van der Waals surface area contributed by atoms with Gasteiger partial charge in [-0.25, -0.2) is 0 Å². The average molecular weight is 181 g/mol. The zero-order chi connectivity index (χ0) is 9.26. The summed E-state index contributed by atoms with van der Waals surface area (Å²) in [7, 11) is 2.06. The van der Waals surface area contributed by atoms with Crippen molar-refractivity contribution in [3.05, 3.63) is 11.8 Å². The van der Waals surface area contributed by atoms with Gasteiger partial charge in [0.2, 0.25) is 0 Å². The molecular weight excluding hydrogens is 162 g/mol. The molecule has 1 N–H and O–H groups in total. The van der Waals surface area contributed by atoms with Gasteiger partial charge in [-0.15, -0.1) is 0 Å². The molecule has 1 fully saturated rings. The number of hydrogen-bond donors (Lipinski definition) is 1. The number of nitrogens with one attached hydrogen (secondary N) is 1. The minimum Gasteiger partial charge on any atom is -0.501 e. The summed E-state index contributed by atoms with van der Waals surface area (Å²) in [6.07, 6.45) is 5.76. The highest BCUT2D eigenvalue weighted by molar-refractivity contribution is 5.15. The third-order valence-corrected chi connectivity index (χ3v) is 3.27. The van der Waals surface area contributed by atoms with E-state index in [1.165, 1.54) is 24.8 Å². The van der Waals surface area contributed by atoms with Crippen LogP contribution in [0.5, 0.6) is 0 Å². The van der Waals surface area contributed by atoms with Crippen molar-refractivity contribution in [3.8, 4) is 0 Å². The zero-order valence-electron chi connectivity index (χ0n) is 8.55. The lowest BCUT2D eigenvalue weighted by molar-refractivity contribution is 0.218. The first-order valence-electron chi connectivity index (χ1n) is 5.30. The SMILES string of the molecule is CNC(C1=COCCC1)C1CC1C.